The van der Waals surface area contributed by atoms with Crippen LogP contribution in [0, 0.1) is 0 Å². The molecule has 0 heterocycles. The normalized spacial score (nSPS) is 11.2. The molecule has 0 fully saturated rings. The fourth-order valence-electron chi connectivity index (χ4n) is 1.86. The van der Waals surface area contributed by atoms with Crippen molar-refractivity contribution in [2.45, 2.75) is 82.0 Å². The van der Waals surface area contributed by atoms with E-state index in [1.807, 2.05) is 0 Å². The van der Waals surface area contributed by atoms with E-state index in [-0.39, 0.29) is 6.15 Å². The molecule has 0 bridgehead atoms. The zero-order valence-electron chi connectivity index (χ0n) is 10.9. The highest BCUT2D eigenvalue weighted by atomic mass is 127. The molecule has 0 radical (unpaired) electrons. The summed E-state index contributed by atoms with van der Waals surface area (Å²) in [6.45, 7) is 6.91. The second-order valence-corrected chi connectivity index (χ2v) is 6.75. The van der Waals surface area contributed by atoms with Crippen LogP contribution in [-0.4, -0.2) is 3.42 Å². The topological polar surface area (TPSA) is 35.0 Å². The molecule has 0 spiro atoms. The Morgan fingerprint density at radius 2 is 1.00 bits per heavy atom. The Kier molecular flexibility index (Phi) is 13.5. The van der Waals surface area contributed by atoms with Gasteiger partial charge >= 0.3 is 0 Å². The fraction of sp³-hybridized carbons (Fsp3) is 1.00. The number of hydrogen-bond acceptors (Lipinski definition) is 1. The van der Waals surface area contributed by atoms with E-state index in [1.54, 1.807) is 0 Å². The van der Waals surface area contributed by atoms with Crippen LogP contribution in [0.3, 0.4) is 0 Å². The van der Waals surface area contributed by atoms with Gasteiger partial charge in [0, 0.05) is 3.42 Å². The highest BCUT2D eigenvalue weighted by Crippen LogP contribution is 2.36. The van der Waals surface area contributed by atoms with Crippen molar-refractivity contribution in [1.82, 2.24) is 6.15 Å². The van der Waals surface area contributed by atoms with Gasteiger partial charge in [-0.15, -0.1) is 0 Å². The van der Waals surface area contributed by atoms with Crippen LogP contribution in [0.25, 0.3) is 0 Å². The molecule has 0 amide bonds. The van der Waals surface area contributed by atoms with Gasteiger partial charge in [-0.25, -0.2) is 0 Å². The van der Waals surface area contributed by atoms with Crippen LogP contribution in [0.5, 0.6) is 0 Å². The third-order valence-electron chi connectivity index (χ3n) is 2.94. The van der Waals surface area contributed by atoms with Gasteiger partial charge in [0.25, 0.3) is 0 Å². The van der Waals surface area contributed by atoms with Crippen LogP contribution in [0.1, 0.15) is 78.6 Å². The largest absolute Gasteiger partial charge is 0.344 e. The van der Waals surface area contributed by atoms with E-state index in [0.717, 1.165) is 0 Å². The van der Waals surface area contributed by atoms with Crippen LogP contribution in [-0.2, 0) is 0 Å². The Balaban J connectivity index is 0. The average molecular weight is 327 g/mol. The second-order valence-electron chi connectivity index (χ2n) is 4.46. The first-order valence-corrected chi connectivity index (χ1v) is 7.45. The number of halogens is 1. The van der Waals surface area contributed by atoms with Gasteiger partial charge in [0.2, 0.25) is 0 Å². The third-order valence-corrected chi connectivity index (χ3v) is 4.55. The molecule has 3 N–H and O–H groups in total. The summed E-state index contributed by atoms with van der Waals surface area (Å²) in [5.74, 6) is 0. The molecular formula is C13H30IN. The van der Waals surface area contributed by atoms with E-state index >= 15 is 0 Å². The fourth-order valence-corrected chi connectivity index (χ4v) is 3.00. The first-order chi connectivity index (χ1) is 6.68. The van der Waals surface area contributed by atoms with E-state index in [1.165, 1.54) is 57.8 Å². The van der Waals surface area contributed by atoms with E-state index < -0.39 is 0 Å². The molecule has 2 heteroatoms. The highest BCUT2D eigenvalue weighted by molar-refractivity contribution is 14.1. The van der Waals surface area contributed by atoms with Crippen molar-refractivity contribution in [3.8, 4) is 0 Å². The van der Waals surface area contributed by atoms with Gasteiger partial charge in [-0.1, -0.05) is 81.9 Å². The maximum Gasteiger partial charge on any atom is 0.0222 e. The SMILES string of the molecule is CCCCC(I)(CCCC)CCCC.N. The lowest BCUT2D eigenvalue weighted by Crippen LogP contribution is -2.20. The van der Waals surface area contributed by atoms with Crippen LogP contribution in [0.15, 0.2) is 0 Å². The summed E-state index contributed by atoms with van der Waals surface area (Å²) in [6.07, 6.45) is 12.6. The summed E-state index contributed by atoms with van der Waals surface area (Å²) in [4.78, 5) is 0. The molecule has 1 nitrogen and oxygen atoms in total. The molecule has 0 aliphatic carbocycles. The second kappa shape index (κ2) is 11.2. The zero-order chi connectivity index (χ0) is 10.9. The molecule has 0 rings (SSSR count). The van der Waals surface area contributed by atoms with Gasteiger partial charge in [0.1, 0.15) is 0 Å². The van der Waals surface area contributed by atoms with Gasteiger partial charge in [0.05, 0.1) is 0 Å². The predicted molar refractivity (Wildman–Crippen MR) is 80.3 cm³/mol. The van der Waals surface area contributed by atoms with Crippen molar-refractivity contribution < 1.29 is 0 Å². The van der Waals surface area contributed by atoms with Crippen molar-refractivity contribution in [2.24, 2.45) is 0 Å². The Hall–Kier alpha value is 0.690. The Bertz CT molecular complexity index is 104. The molecule has 0 aromatic heterocycles. The Morgan fingerprint density at radius 1 is 0.733 bits per heavy atom. The van der Waals surface area contributed by atoms with Crippen LogP contribution in [0.2, 0.25) is 0 Å². The van der Waals surface area contributed by atoms with E-state index in [4.69, 9.17) is 0 Å². The Morgan fingerprint density at radius 3 is 1.20 bits per heavy atom. The molecule has 0 aliphatic rings. The minimum Gasteiger partial charge on any atom is -0.344 e. The van der Waals surface area contributed by atoms with Gasteiger partial charge in [-0.3, -0.25) is 0 Å². The molecule has 0 aromatic carbocycles. The van der Waals surface area contributed by atoms with Crippen LogP contribution < -0.4 is 6.15 Å². The maximum absolute atomic E-state index is 2.74. The quantitative estimate of drug-likeness (QED) is 0.416. The van der Waals surface area contributed by atoms with Gasteiger partial charge in [-0.2, -0.15) is 0 Å². The lowest BCUT2D eigenvalue weighted by Gasteiger charge is -2.27. The molecular weight excluding hydrogens is 297 g/mol. The van der Waals surface area contributed by atoms with Crippen LogP contribution >= 0.6 is 22.6 Å². The third kappa shape index (κ3) is 9.61. The van der Waals surface area contributed by atoms with E-state index in [0.29, 0.717) is 3.42 Å². The smallest absolute Gasteiger partial charge is 0.0222 e. The number of rotatable bonds is 9. The summed E-state index contributed by atoms with van der Waals surface area (Å²) in [5, 5.41) is 0. The van der Waals surface area contributed by atoms with Crippen molar-refractivity contribution in [1.29, 1.82) is 0 Å². The minimum atomic E-state index is 0. The first-order valence-electron chi connectivity index (χ1n) is 6.37. The molecule has 0 saturated heterocycles. The van der Waals surface area contributed by atoms with Crippen LogP contribution in [0.4, 0.5) is 0 Å². The minimum absolute atomic E-state index is 0. The van der Waals surface area contributed by atoms with Gasteiger partial charge < -0.3 is 6.15 Å². The molecule has 0 aromatic rings. The summed E-state index contributed by atoms with van der Waals surface area (Å²) in [6, 6.07) is 0. The number of unbranched alkanes of at least 4 members (excludes halogenated alkanes) is 3. The Labute approximate surface area is 111 Å². The molecule has 0 unspecified atom stereocenters. The van der Waals surface area contributed by atoms with E-state index in [2.05, 4.69) is 43.4 Å². The van der Waals surface area contributed by atoms with Crippen molar-refractivity contribution in [3.63, 3.8) is 0 Å². The standard InChI is InChI=1S/C13H27I.H3N/c1-4-7-10-13(14,11-8-5-2)12-9-6-3;/h4-12H2,1-3H3;1H3. The maximum atomic E-state index is 2.74. The monoisotopic (exact) mass is 327 g/mol. The molecule has 0 saturated carbocycles. The van der Waals surface area contributed by atoms with Crippen molar-refractivity contribution in [3.05, 3.63) is 0 Å². The summed E-state index contributed by atoms with van der Waals surface area (Å²) >= 11 is 2.74. The number of alkyl halides is 1. The highest BCUT2D eigenvalue weighted by Gasteiger charge is 2.23. The lowest BCUT2D eigenvalue weighted by atomic mass is 9.91. The summed E-state index contributed by atoms with van der Waals surface area (Å²) in [5.41, 5.74) is 0. The molecule has 0 atom stereocenters. The van der Waals surface area contributed by atoms with Gasteiger partial charge in [-0.05, 0) is 19.3 Å². The summed E-state index contributed by atoms with van der Waals surface area (Å²) in [7, 11) is 0. The number of hydrogen-bond donors (Lipinski definition) is 1. The van der Waals surface area contributed by atoms with Crippen molar-refractivity contribution in [2.75, 3.05) is 0 Å². The lowest BCUT2D eigenvalue weighted by molar-refractivity contribution is 0.446. The van der Waals surface area contributed by atoms with Crippen molar-refractivity contribution >= 4 is 22.6 Å². The molecule has 94 valence electrons. The zero-order valence-corrected chi connectivity index (χ0v) is 13.1. The summed E-state index contributed by atoms with van der Waals surface area (Å²) < 4.78 is 0.625. The van der Waals surface area contributed by atoms with Gasteiger partial charge in [0.15, 0.2) is 0 Å². The predicted octanol–water partition coefficient (Wildman–Crippen LogP) is 5.89. The van der Waals surface area contributed by atoms with E-state index in [9.17, 15) is 0 Å². The average Bonchev–Trinajstić information content (AvgIpc) is 2.21. The molecule has 15 heavy (non-hydrogen) atoms. The first kappa shape index (κ1) is 18.1. The molecule has 0 aliphatic heterocycles.